The molecule has 0 amide bonds. The van der Waals surface area contributed by atoms with Gasteiger partial charge in [-0.15, -0.1) is 0 Å². The molecule has 2 aliphatic rings. The molecule has 2 aliphatic carbocycles. The standard InChI is InChI=1S/C19H20N2O2/c1-23-17-12-21(11-13-5-3-2-4-6-13)18(20-19(17)22)16-10-14-7-8-15(16)9-14/h2-6,10,12,14-15H,7-9,11H2,1H3/t14-,15+/m0/s1. The van der Waals surface area contributed by atoms with Crippen molar-refractivity contribution in [1.82, 2.24) is 9.55 Å². The molecule has 4 heteroatoms. The van der Waals surface area contributed by atoms with E-state index in [9.17, 15) is 4.79 Å². The molecule has 23 heavy (non-hydrogen) atoms. The van der Waals surface area contributed by atoms with Crippen LogP contribution in [0.4, 0.5) is 0 Å². The Morgan fingerprint density at radius 3 is 2.74 bits per heavy atom. The van der Waals surface area contributed by atoms with Crippen LogP contribution in [0.1, 0.15) is 30.7 Å². The second-order valence-corrected chi connectivity index (χ2v) is 6.44. The number of nitrogens with zero attached hydrogens (tertiary/aromatic N) is 2. The Kier molecular flexibility index (Phi) is 3.52. The maximum atomic E-state index is 12.2. The van der Waals surface area contributed by atoms with Crippen LogP contribution in [0, 0.1) is 11.8 Å². The number of methoxy groups -OCH3 is 1. The molecule has 0 spiro atoms. The molecule has 1 aromatic heterocycles. The summed E-state index contributed by atoms with van der Waals surface area (Å²) in [6.45, 7) is 0.689. The summed E-state index contributed by atoms with van der Waals surface area (Å²) in [5, 5.41) is 0. The molecule has 1 fully saturated rings. The quantitative estimate of drug-likeness (QED) is 0.871. The van der Waals surface area contributed by atoms with Gasteiger partial charge in [-0.1, -0.05) is 36.4 Å². The predicted octanol–water partition coefficient (Wildman–Crippen LogP) is 3.11. The molecular formula is C19H20N2O2. The molecule has 0 unspecified atom stereocenters. The summed E-state index contributed by atoms with van der Waals surface area (Å²) in [7, 11) is 1.52. The first-order chi connectivity index (χ1) is 11.2. The van der Waals surface area contributed by atoms with Gasteiger partial charge in [0.1, 0.15) is 5.82 Å². The maximum Gasteiger partial charge on any atom is 0.315 e. The summed E-state index contributed by atoms with van der Waals surface area (Å²) in [5.74, 6) is 2.33. The van der Waals surface area contributed by atoms with Crippen molar-refractivity contribution in [3.05, 3.63) is 64.3 Å². The SMILES string of the molecule is COc1cn(Cc2ccccc2)c(C2=C[C@H]3CC[C@@H]2C3)nc1=O. The summed E-state index contributed by atoms with van der Waals surface area (Å²) in [5.41, 5.74) is 2.15. The van der Waals surface area contributed by atoms with E-state index >= 15 is 0 Å². The molecular weight excluding hydrogens is 288 g/mol. The van der Waals surface area contributed by atoms with Crippen LogP contribution in [-0.4, -0.2) is 16.7 Å². The molecule has 1 saturated carbocycles. The Balaban J connectivity index is 1.79. The lowest BCUT2D eigenvalue weighted by Crippen LogP contribution is -2.20. The number of fused-ring (bicyclic) bond motifs is 2. The number of rotatable bonds is 4. The van der Waals surface area contributed by atoms with Crippen LogP contribution < -0.4 is 10.3 Å². The van der Waals surface area contributed by atoms with Crippen LogP contribution >= 0.6 is 0 Å². The smallest absolute Gasteiger partial charge is 0.315 e. The fourth-order valence-electron chi connectivity index (χ4n) is 3.84. The normalized spacial score (nSPS) is 22.2. The topological polar surface area (TPSA) is 44.1 Å². The lowest BCUT2D eigenvalue weighted by atomic mass is 9.97. The fraction of sp³-hybridized carbons (Fsp3) is 0.368. The molecule has 2 bridgehead atoms. The van der Waals surface area contributed by atoms with Gasteiger partial charge in [-0.2, -0.15) is 4.98 Å². The van der Waals surface area contributed by atoms with Crippen LogP contribution in [0.2, 0.25) is 0 Å². The van der Waals surface area contributed by atoms with E-state index < -0.39 is 0 Å². The molecule has 0 aliphatic heterocycles. The number of hydrogen-bond acceptors (Lipinski definition) is 3. The first kappa shape index (κ1) is 14.2. The third-order valence-electron chi connectivity index (χ3n) is 4.97. The van der Waals surface area contributed by atoms with Crippen molar-refractivity contribution in [2.45, 2.75) is 25.8 Å². The van der Waals surface area contributed by atoms with Crippen LogP contribution in [0.5, 0.6) is 5.75 Å². The van der Waals surface area contributed by atoms with Gasteiger partial charge in [0, 0.05) is 6.54 Å². The Morgan fingerprint density at radius 2 is 2.09 bits per heavy atom. The number of hydrogen-bond donors (Lipinski definition) is 0. The van der Waals surface area contributed by atoms with Gasteiger partial charge < -0.3 is 9.30 Å². The van der Waals surface area contributed by atoms with E-state index in [0.29, 0.717) is 24.1 Å². The molecule has 0 saturated heterocycles. The van der Waals surface area contributed by atoms with Gasteiger partial charge in [0.2, 0.25) is 5.75 Å². The summed E-state index contributed by atoms with van der Waals surface area (Å²) in [6, 6.07) is 10.2. The maximum absolute atomic E-state index is 12.2. The van der Waals surface area contributed by atoms with Crippen molar-refractivity contribution in [1.29, 1.82) is 0 Å². The van der Waals surface area contributed by atoms with Crippen molar-refractivity contribution >= 4 is 5.57 Å². The molecule has 118 valence electrons. The molecule has 4 rings (SSSR count). The van der Waals surface area contributed by atoms with E-state index in [-0.39, 0.29) is 5.56 Å². The molecule has 0 radical (unpaired) electrons. The van der Waals surface area contributed by atoms with Gasteiger partial charge in [0.25, 0.3) is 0 Å². The van der Waals surface area contributed by atoms with Crippen molar-refractivity contribution in [3.63, 3.8) is 0 Å². The minimum Gasteiger partial charge on any atom is -0.490 e. The zero-order chi connectivity index (χ0) is 15.8. The fourth-order valence-corrected chi connectivity index (χ4v) is 3.84. The highest BCUT2D eigenvalue weighted by Crippen LogP contribution is 2.47. The second-order valence-electron chi connectivity index (χ2n) is 6.44. The van der Waals surface area contributed by atoms with Crippen molar-refractivity contribution in [3.8, 4) is 5.75 Å². The monoisotopic (exact) mass is 308 g/mol. The lowest BCUT2D eigenvalue weighted by Gasteiger charge is -2.19. The van der Waals surface area contributed by atoms with Gasteiger partial charge >= 0.3 is 5.56 Å². The summed E-state index contributed by atoms with van der Waals surface area (Å²) >= 11 is 0. The van der Waals surface area contributed by atoms with E-state index in [0.717, 1.165) is 5.82 Å². The van der Waals surface area contributed by atoms with Gasteiger partial charge in [0.05, 0.1) is 13.3 Å². The highest BCUT2D eigenvalue weighted by Gasteiger charge is 2.35. The lowest BCUT2D eigenvalue weighted by molar-refractivity contribution is 0.401. The number of benzene rings is 1. The molecule has 4 nitrogen and oxygen atoms in total. The third kappa shape index (κ3) is 2.58. The summed E-state index contributed by atoms with van der Waals surface area (Å²) in [6.07, 6.45) is 7.81. The zero-order valence-electron chi connectivity index (χ0n) is 13.2. The van der Waals surface area contributed by atoms with Crippen LogP contribution in [-0.2, 0) is 6.54 Å². The summed E-state index contributed by atoms with van der Waals surface area (Å²) < 4.78 is 7.25. The Bertz CT molecular complexity index is 808. The first-order valence-corrected chi connectivity index (χ1v) is 8.16. The largest absolute Gasteiger partial charge is 0.490 e. The molecule has 1 aromatic carbocycles. The molecule has 2 aromatic rings. The van der Waals surface area contributed by atoms with Crippen molar-refractivity contribution in [2.75, 3.05) is 7.11 Å². The first-order valence-electron chi connectivity index (χ1n) is 8.16. The van der Waals surface area contributed by atoms with E-state index in [2.05, 4.69) is 27.8 Å². The van der Waals surface area contributed by atoms with Gasteiger partial charge in [-0.3, -0.25) is 4.79 Å². The van der Waals surface area contributed by atoms with Crippen LogP contribution in [0.3, 0.4) is 0 Å². The molecule has 0 N–H and O–H groups in total. The average molecular weight is 308 g/mol. The van der Waals surface area contributed by atoms with E-state index in [4.69, 9.17) is 4.74 Å². The minimum atomic E-state index is -0.282. The number of aromatic nitrogens is 2. The van der Waals surface area contributed by atoms with Gasteiger partial charge in [-0.25, -0.2) is 0 Å². The van der Waals surface area contributed by atoms with E-state index in [1.54, 1.807) is 6.20 Å². The molecule has 1 heterocycles. The van der Waals surface area contributed by atoms with Gasteiger partial charge in [0.15, 0.2) is 0 Å². The highest BCUT2D eigenvalue weighted by molar-refractivity contribution is 5.66. The van der Waals surface area contributed by atoms with Crippen molar-refractivity contribution in [2.24, 2.45) is 11.8 Å². The molecule has 2 atom stereocenters. The predicted molar refractivity (Wildman–Crippen MR) is 89.4 cm³/mol. The summed E-state index contributed by atoms with van der Waals surface area (Å²) in [4.78, 5) is 16.5. The van der Waals surface area contributed by atoms with Crippen LogP contribution in [0.25, 0.3) is 5.57 Å². The van der Waals surface area contributed by atoms with E-state index in [1.165, 1.54) is 37.5 Å². The van der Waals surface area contributed by atoms with Crippen molar-refractivity contribution < 1.29 is 4.74 Å². The van der Waals surface area contributed by atoms with Crippen LogP contribution in [0.15, 0.2) is 47.4 Å². The average Bonchev–Trinajstić information content (AvgIpc) is 3.20. The Labute approximate surface area is 135 Å². The Hall–Kier alpha value is -2.36. The highest BCUT2D eigenvalue weighted by atomic mass is 16.5. The zero-order valence-corrected chi connectivity index (χ0v) is 13.2. The number of ether oxygens (including phenoxy) is 1. The van der Waals surface area contributed by atoms with E-state index in [1.807, 2.05) is 18.2 Å². The Morgan fingerprint density at radius 1 is 1.26 bits per heavy atom. The third-order valence-corrected chi connectivity index (χ3v) is 4.97. The minimum absolute atomic E-state index is 0.282. The second kappa shape index (κ2) is 5.69. The number of allylic oxidation sites excluding steroid dienone is 2. The van der Waals surface area contributed by atoms with Gasteiger partial charge in [-0.05, 0) is 42.2 Å².